The molecule has 4 rings (SSSR count). The first kappa shape index (κ1) is 36.0. The van der Waals surface area contributed by atoms with Gasteiger partial charge >= 0.3 is 28.5 Å². The highest BCUT2D eigenvalue weighted by Gasteiger charge is 2.48. The summed E-state index contributed by atoms with van der Waals surface area (Å²) < 4.78 is 41.6. The zero-order valence-corrected chi connectivity index (χ0v) is 25.0. The lowest BCUT2D eigenvalue weighted by atomic mass is 9.76. The normalized spacial score (nSPS) is 23.6. The average molecular weight is 514 g/mol. The molecule has 4 aliphatic rings. The lowest BCUT2D eigenvalue weighted by Crippen LogP contribution is -2.41. The lowest BCUT2D eigenvalue weighted by molar-refractivity contribution is 0.00578. The van der Waals surface area contributed by atoms with E-state index in [9.17, 15) is 0 Å². The molecule has 0 amide bonds. The second-order valence-electron chi connectivity index (χ2n) is 11.2. The van der Waals surface area contributed by atoms with Gasteiger partial charge in [-0.3, -0.25) is 0 Å². The maximum atomic E-state index is 8.06. The molecule has 14 heteroatoms. The van der Waals surface area contributed by atoms with E-state index in [0.29, 0.717) is 0 Å². The monoisotopic (exact) mass is 514 g/mol. The van der Waals surface area contributed by atoms with Gasteiger partial charge in [0.15, 0.2) is 0 Å². The van der Waals surface area contributed by atoms with Gasteiger partial charge in [-0.05, 0) is 61.4 Å². The predicted octanol–water partition coefficient (Wildman–Crippen LogP) is 3.81. The highest BCUT2D eigenvalue weighted by Crippen LogP contribution is 2.36. The Morgan fingerprint density at radius 1 is 0.556 bits per heavy atom. The maximum Gasteiger partial charge on any atom is 0.454 e. The molecule has 4 heterocycles. The third-order valence-corrected chi connectivity index (χ3v) is 5.57. The molecule has 4 saturated heterocycles. The SMILES string of the molecule is CB(C)O.CB1OC(C)(C)C(C)(C)O1.CB1OCC(C)(C)CO1.CB1OCCCO1.CB1OCCO1. The predicted molar refractivity (Wildman–Crippen MR) is 151 cm³/mol. The zero-order chi connectivity index (χ0) is 28.0. The minimum absolute atomic E-state index is 0.00183. The number of rotatable bonds is 0. The van der Waals surface area contributed by atoms with Crippen molar-refractivity contribution in [2.45, 2.75) is 100 Å². The molecule has 0 saturated carbocycles. The van der Waals surface area contributed by atoms with Crippen LogP contribution in [-0.2, 0) is 37.2 Å². The van der Waals surface area contributed by atoms with Crippen molar-refractivity contribution in [3.8, 4) is 0 Å². The van der Waals surface area contributed by atoms with Crippen molar-refractivity contribution in [2.75, 3.05) is 39.6 Å². The van der Waals surface area contributed by atoms with Crippen molar-refractivity contribution in [2.24, 2.45) is 5.41 Å². The Bertz CT molecular complexity index is 529. The molecule has 0 atom stereocenters. The van der Waals surface area contributed by atoms with E-state index in [0.717, 1.165) is 46.1 Å². The molecule has 0 bridgehead atoms. The molecule has 0 radical (unpaired) electrons. The molecule has 9 nitrogen and oxygen atoms in total. The Balaban J connectivity index is 0.000000439. The van der Waals surface area contributed by atoms with Gasteiger partial charge in [-0.2, -0.15) is 0 Å². The van der Waals surface area contributed by atoms with Gasteiger partial charge in [-0.25, -0.2) is 0 Å². The van der Waals surface area contributed by atoms with Gasteiger partial charge in [0, 0.05) is 31.8 Å². The van der Waals surface area contributed by atoms with Gasteiger partial charge in [0.25, 0.3) is 6.92 Å². The molecule has 208 valence electrons. The summed E-state index contributed by atoms with van der Waals surface area (Å²) in [5.41, 5.74) is -0.106. The Hall–Kier alpha value is -0.0353. The van der Waals surface area contributed by atoms with Crippen molar-refractivity contribution < 1.29 is 42.3 Å². The fraction of sp³-hybridized carbons (Fsp3) is 1.00. The van der Waals surface area contributed by atoms with Gasteiger partial charge in [-0.15, -0.1) is 0 Å². The summed E-state index contributed by atoms with van der Waals surface area (Å²) in [6, 6.07) is 0. The Labute approximate surface area is 223 Å². The molecule has 1 N–H and O–H groups in total. The van der Waals surface area contributed by atoms with Crippen LogP contribution in [0.2, 0.25) is 40.9 Å². The van der Waals surface area contributed by atoms with E-state index in [4.69, 9.17) is 42.3 Å². The van der Waals surface area contributed by atoms with Crippen LogP contribution in [0.25, 0.3) is 0 Å². The van der Waals surface area contributed by atoms with Crippen LogP contribution in [-0.4, -0.2) is 91.3 Å². The topological polar surface area (TPSA) is 94.1 Å². The second-order valence-corrected chi connectivity index (χ2v) is 11.2. The standard InChI is InChI=1S/C7H15BO2.C6H13BO2.C4H9BO2.C3H7BO2.C2H7BO/c1-6(2)7(3,4)10-8(5)9-6;1-6(2)4-8-7(3)9-5-6;1-5-6-3-2-4-7-5;1-4-5-2-3-6-4;1-3(2)4/h1-5H3;4-5H2,1-3H3;2-4H2,1H3;2-3H2,1H3;4H,1-2H3. The van der Waals surface area contributed by atoms with E-state index in [1.54, 1.807) is 13.6 Å². The summed E-state index contributed by atoms with van der Waals surface area (Å²) in [6.07, 6.45) is 1.05. The molecular formula is C22H51B5O9. The summed E-state index contributed by atoms with van der Waals surface area (Å²) in [5.74, 6) is 0. The molecule has 36 heavy (non-hydrogen) atoms. The van der Waals surface area contributed by atoms with Crippen LogP contribution in [0.1, 0.15) is 48.0 Å². The van der Waals surface area contributed by atoms with Crippen molar-refractivity contribution in [1.82, 2.24) is 0 Å². The molecule has 0 aromatic heterocycles. The van der Waals surface area contributed by atoms with Gasteiger partial charge in [0.05, 0.1) is 24.4 Å². The van der Waals surface area contributed by atoms with Crippen LogP contribution in [0.3, 0.4) is 0 Å². The van der Waals surface area contributed by atoms with E-state index in [1.165, 1.54) is 0 Å². The Kier molecular flexibility index (Phi) is 17.5. The van der Waals surface area contributed by atoms with Crippen LogP contribution in [0.15, 0.2) is 0 Å². The summed E-state index contributed by atoms with van der Waals surface area (Å²) in [6.45, 7) is 28.3. The summed E-state index contributed by atoms with van der Waals surface area (Å²) in [4.78, 5) is 0. The van der Waals surface area contributed by atoms with E-state index in [-0.39, 0.29) is 52.0 Å². The summed E-state index contributed by atoms with van der Waals surface area (Å²) >= 11 is 0. The highest BCUT2D eigenvalue weighted by molar-refractivity contribution is 6.46. The molecule has 4 fully saturated rings. The summed E-state index contributed by atoms with van der Waals surface area (Å²) in [7, 11) is 0.0155. The fourth-order valence-corrected chi connectivity index (χ4v) is 3.00. The van der Waals surface area contributed by atoms with E-state index < -0.39 is 0 Å². The molecule has 4 aliphatic heterocycles. The average Bonchev–Trinajstić information content (AvgIpc) is 3.28. The first-order chi connectivity index (χ1) is 16.5. The van der Waals surface area contributed by atoms with E-state index in [1.807, 2.05) is 27.3 Å². The number of hydrogen-bond acceptors (Lipinski definition) is 9. The molecule has 0 spiro atoms. The van der Waals surface area contributed by atoms with E-state index >= 15 is 0 Å². The van der Waals surface area contributed by atoms with E-state index in [2.05, 4.69) is 41.5 Å². The van der Waals surface area contributed by atoms with Gasteiger partial charge in [0.1, 0.15) is 0 Å². The summed E-state index contributed by atoms with van der Waals surface area (Å²) in [5, 5.41) is 8.06. The van der Waals surface area contributed by atoms with Crippen LogP contribution in [0, 0.1) is 5.41 Å². The molecule has 0 unspecified atom stereocenters. The third kappa shape index (κ3) is 17.5. The zero-order valence-electron chi connectivity index (χ0n) is 25.0. The van der Waals surface area contributed by atoms with Gasteiger partial charge < -0.3 is 42.3 Å². The quantitative estimate of drug-likeness (QED) is 0.485. The smallest absolute Gasteiger partial charge is 0.451 e. The van der Waals surface area contributed by atoms with Crippen molar-refractivity contribution >= 4 is 35.4 Å². The fourth-order valence-electron chi connectivity index (χ4n) is 3.00. The maximum absolute atomic E-state index is 8.06. The molecule has 0 aromatic carbocycles. The highest BCUT2D eigenvalue weighted by atomic mass is 16.7. The Morgan fingerprint density at radius 2 is 0.861 bits per heavy atom. The minimum Gasteiger partial charge on any atom is -0.451 e. The van der Waals surface area contributed by atoms with Crippen LogP contribution in [0.4, 0.5) is 0 Å². The van der Waals surface area contributed by atoms with Gasteiger partial charge in [-0.1, -0.05) is 27.5 Å². The van der Waals surface area contributed by atoms with Crippen LogP contribution >= 0.6 is 0 Å². The Morgan fingerprint density at radius 3 is 1.03 bits per heavy atom. The van der Waals surface area contributed by atoms with Crippen LogP contribution in [0.5, 0.6) is 0 Å². The van der Waals surface area contributed by atoms with Crippen molar-refractivity contribution in [1.29, 1.82) is 0 Å². The minimum atomic E-state index is -0.167. The van der Waals surface area contributed by atoms with Crippen molar-refractivity contribution in [3.63, 3.8) is 0 Å². The van der Waals surface area contributed by atoms with Crippen molar-refractivity contribution in [3.05, 3.63) is 0 Å². The first-order valence-electron chi connectivity index (χ1n) is 13.2. The largest absolute Gasteiger partial charge is 0.454 e. The molecule has 0 aromatic rings. The first-order valence-corrected chi connectivity index (χ1v) is 13.2. The van der Waals surface area contributed by atoms with Gasteiger partial charge in [0.2, 0.25) is 0 Å². The number of hydrogen-bond donors (Lipinski definition) is 1. The molecular weight excluding hydrogens is 462 g/mol. The second kappa shape index (κ2) is 17.5. The lowest BCUT2D eigenvalue weighted by Gasteiger charge is -2.32. The third-order valence-electron chi connectivity index (χ3n) is 5.57. The molecule has 0 aliphatic carbocycles. The van der Waals surface area contributed by atoms with Crippen LogP contribution < -0.4 is 0 Å².